The molecule has 4 N–H and O–H groups in total. The van der Waals surface area contributed by atoms with Gasteiger partial charge in [0.2, 0.25) is 0 Å². The molecular formula is C16H27NO5. The summed E-state index contributed by atoms with van der Waals surface area (Å²) in [7, 11) is 1.61. The maximum absolute atomic E-state index is 9.90. The summed E-state index contributed by atoms with van der Waals surface area (Å²) in [5.74, 6) is 0.766. The lowest BCUT2D eigenvalue weighted by atomic mass is 9.98. The normalized spacial score (nSPS) is 13.1. The van der Waals surface area contributed by atoms with E-state index < -0.39 is 11.6 Å². The average molecular weight is 313 g/mol. The third-order valence-electron chi connectivity index (χ3n) is 3.71. The Labute approximate surface area is 131 Å². The summed E-state index contributed by atoms with van der Waals surface area (Å²) in [6, 6.07) is 7.54. The molecule has 6 nitrogen and oxygen atoms in total. The average Bonchev–Trinajstić information content (AvgIpc) is 2.57. The lowest BCUT2D eigenvalue weighted by molar-refractivity contribution is 0.0154. The van der Waals surface area contributed by atoms with E-state index in [2.05, 4.69) is 5.32 Å². The Morgan fingerprint density at radius 2 is 2.00 bits per heavy atom. The maximum atomic E-state index is 9.90. The van der Waals surface area contributed by atoms with Gasteiger partial charge in [0.15, 0.2) is 0 Å². The zero-order chi connectivity index (χ0) is 16.4. The van der Waals surface area contributed by atoms with E-state index in [1.165, 1.54) is 0 Å². The van der Waals surface area contributed by atoms with Gasteiger partial charge in [-0.3, -0.25) is 0 Å². The second-order valence-corrected chi connectivity index (χ2v) is 5.35. The molecule has 0 spiro atoms. The van der Waals surface area contributed by atoms with Crippen LogP contribution in [0.1, 0.15) is 18.9 Å². The van der Waals surface area contributed by atoms with Crippen LogP contribution in [-0.4, -0.2) is 60.4 Å². The third-order valence-corrected chi connectivity index (χ3v) is 3.71. The highest BCUT2D eigenvalue weighted by Gasteiger charge is 2.26. The Morgan fingerprint density at radius 1 is 1.27 bits per heavy atom. The quantitative estimate of drug-likeness (QED) is 0.470. The van der Waals surface area contributed by atoms with Crippen LogP contribution in [-0.2, 0) is 11.3 Å². The van der Waals surface area contributed by atoms with Crippen LogP contribution in [0, 0.1) is 0 Å². The van der Waals surface area contributed by atoms with Crippen LogP contribution in [0.4, 0.5) is 0 Å². The molecular weight excluding hydrogens is 286 g/mol. The van der Waals surface area contributed by atoms with E-state index in [4.69, 9.17) is 9.47 Å². The number of nitrogens with one attached hydrogen (secondary N) is 1. The van der Waals surface area contributed by atoms with E-state index in [0.29, 0.717) is 13.0 Å². The summed E-state index contributed by atoms with van der Waals surface area (Å²) in [5.41, 5.74) is 0.210. The number of aliphatic hydroxyl groups excluding tert-OH is 3. The molecule has 1 unspecified atom stereocenters. The van der Waals surface area contributed by atoms with Crippen molar-refractivity contribution in [2.24, 2.45) is 0 Å². The molecule has 0 amide bonds. The molecule has 1 aromatic rings. The number of β-amino-alcohol motifs (C(OH)–C–C–N with tert-alkyl or cyclic N) is 1. The summed E-state index contributed by atoms with van der Waals surface area (Å²) < 4.78 is 10.6. The number of ether oxygens (including phenoxy) is 2. The topological polar surface area (TPSA) is 91.2 Å². The number of aliphatic hydroxyl groups is 3. The predicted molar refractivity (Wildman–Crippen MR) is 83.9 cm³/mol. The zero-order valence-corrected chi connectivity index (χ0v) is 13.3. The van der Waals surface area contributed by atoms with E-state index in [0.717, 1.165) is 11.3 Å². The molecule has 1 rings (SSSR count). The van der Waals surface area contributed by atoms with Gasteiger partial charge >= 0.3 is 0 Å². The molecule has 0 radical (unpaired) electrons. The molecule has 0 aliphatic carbocycles. The number of benzene rings is 1. The van der Waals surface area contributed by atoms with Gasteiger partial charge in [-0.05, 0) is 24.1 Å². The van der Waals surface area contributed by atoms with Crippen LogP contribution in [0.25, 0.3) is 0 Å². The van der Waals surface area contributed by atoms with E-state index >= 15 is 0 Å². The highest BCUT2D eigenvalue weighted by Crippen LogP contribution is 2.13. The number of hydrogen-bond acceptors (Lipinski definition) is 6. The second-order valence-electron chi connectivity index (χ2n) is 5.35. The first-order valence-corrected chi connectivity index (χ1v) is 7.44. The summed E-state index contributed by atoms with van der Waals surface area (Å²) in [4.78, 5) is 0. The molecule has 22 heavy (non-hydrogen) atoms. The Bertz CT molecular complexity index is 414. The van der Waals surface area contributed by atoms with Crippen LogP contribution < -0.4 is 10.1 Å². The lowest BCUT2D eigenvalue weighted by Gasteiger charge is -2.30. The molecule has 0 saturated carbocycles. The van der Waals surface area contributed by atoms with Crippen LogP contribution in [0.15, 0.2) is 24.3 Å². The minimum atomic E-state index is -0.756. The molecule has 0 heterocycles. The summed E-state index contributed by atoms with van der Waals surface area (Å²) >= 11 is 0. The van der Waals surface area contributed by atoms with Crippen molar-refractivity contribution in [2.75, 3.05) is 33.5 Å². The molecule has 6 heteroatoms. The molecule has 1 atom stereocenters. The van der Waals surface area contributed by atoms with Gasteiger partial charge in [0, 0.05) is 6.54 Å². The van der Waals surface area contributed by atoms with Gasteiger partial charge in [0.05, 0.1) is 45.2 Å². The summed E-state index contributed by atoms with van der Waals surface area (Å²) in [6.07, 6.45) is -0.146. The van der Waals surface area contributed by atoms with E-state index in [1.54, 1.807) is 7.11 Å². The molecule has 0 aliphatic heterocycles. The van der Waals surface area contributed by atoms with Gasteiger partial charge in [0.25, 0.3) is 0 Å². The van der Waals surface area contributed by atoms with Crippen molar-refractivity contribution < 1.29 is 24.8 Å². The van der Waals surface area contributed by atoms with Crippen molar-refractivity contribution in [2.45, 2.75) is 31.6 Å². The molecule has 0 aliphatic rings. The predicted octanol–water partition coefficient (Wildman–Crippen LogP) is 0.296. The van der Waals surface area contributed by atoms with Crippen LogP contribution in [0.3, 0.4) is 0 Å². The third kappa shape index (κ3) is 5.90. The Kier molecular flexibility index (Phi) is 8.37. The van der Waals surface area contributed by atoms with Gasteiger partial charge in [-0.1, -0.05) is 19.1 Å². The molecule has 126 valence electrons. The monoisotopic (exact) mass is 313 g/mol. The van der Waals surface area contributed by atoms with Gasteiger partial charge in [-0.2, -0.15) is 0 Å². The Hall–Kier alpha value is -1.18. The van der Waals surface area contributed by atoms with Crippen LogP contribution in [0.2, 0.25) is 0 Å². The van der Waals surface area contributed by atoms with E-state index in [1.807, 2.05) is 31.2 Å². The fourth-order valence-electron chi connectivity index (χ4n) is 1.98. The minimum Gasteiger partial charge on any atom is -0.497 e. The van der Waals surface area contributed by atoms with Crippen LogP contribution >= 0.6 is 0 Å². The smallest absolute Gasteiger partial charge is 0.119 e. The second kappa shape index (κ2) is 9.76. The summed E-state index contributed by atoms with van der Waals surface area (Å²) in [6.45, 7) is 2.29. The van der Waals surface area contributed by atoms with E-state index in [9.17, 15) is 15.3 Å². The van der Waals surface area contributed by atoms with Crippen molar-refractivity contribution in [3.63, 3.8) is 0 Å². The molecule has 0 fully saturated rings. The van der Waals surface area contributed by atoms with Crippen LogP contribution in [0.5, 0.6) is 5.75 Å². The summed E-state index contributed by atoms with van der Waals surface area (Å²) in [5, 5.41) is 31.5. The maximum Gasteiger partial charge on any atom is 0.119 e. The zero-order valence-electron chi connectivity index (χ0n) is 13.3. The van der Waals surface area contributed by atoms with Crippen molar-refractivity contribution in [1.29, 1.82) is 0 Å². The fraction of sp³-hybridized carbons (Fsp3) is 0.625. The largest absolute Gasteiger partial charge is 0.497 e. The van der Waals surface area contributed by atoms with Gasteiger partial charge in [-0.15, -0.1) is 0 Å². The van der Waals surface area contributed by atoms with Crippen molar-refractivity contribution in [3.8, 4) is 5.75 Å². The standard InChI is InChI=1S/C16H27NO5/c1-3-16(11-18,12-19)17-8-14(20)10-22-9-13-5-4-6-15(7-13)21-2/h4-7,14,17-20H,3,8-12H2,1-2H3. The number of hydrogen-bond donors (Lipinski definition) is 4. The van der Waals surface area contributed by atoms with Gasteiger partial charge < -0.3 is 30.1 Å². The molecule has 1 aromatic carbocycles. The highest BCUT2D eigenvalue weighted by molar-refractivity contribution is 5.27. The van der Waals surface area contributed by atoms with Crippen molar-refractivity contribution >= 4 is 0 Å². The fourth-order valence-corrected chi connectivity index (χ4v) is 1.98. The SMILES string of the molecule is CCC(CO)(CO)NCC(O)COCc1cccc(OC)c1. The number of methoxy groups -OCH3 is 1. The highest BCUT2D eigenvalue weighted by atomic mass is 16.5. The Balaban J connectivity index is 2.32. The van der Waals surface area contributed by atoms with Gasteiger partial charge in [-0.25, -0.2) is 0 Å². The van der Waals surface area contributed by atoms with Gasteiger partial charge in [0.1, 0.15) is 5.75 Å². The molecule has 0 aromatic heterocycles. The number of rotatable bonds is 11. The minimum absolute atomic E-state index is 0.168. The first-order chi connectivity index (χ1) is 10.6. The first kappa shape index (κ1) is 18.9. The molecule has 0 bridgehead atoms. The van der Waals surface area contributed by atoms with E-state index in [-0.39, 0.29) is 26.4 Å². The van der Waals surface area contributed by atoms with Crippen molar-refractivity contribution in [3.05, 3.63) is 29.8 Å². The Morgan fingerprint density at radius 3 is 2.59 bits per heavy atom. The van der Waals surface area contributed by atoms with Crippen molar-refractivity contribution in [1.82, 2.24) is 5.32 Å². The molecule has 0 saturated heterocycles. The lowest BCUT2D eigenvalue weighted by Crippen LogP contribution is -2.53. The first-order valence-electron chi connectivity index (χ1n) is 7.44.